The van der Waals surface area contributed by atoms with Crippen molar-refractivity contribution in [2.45, 2.75) is 65.5 Å². The molecule has 0 amide bonds. The fraction of sp³-hybridized carbons (Fsp3) is 1.00. The van der Waals surface area contributed by atoms with Gasteiger partial charge in [0.1, 0.15) is 7.28 Å². The number of rotatable bonds is 6. The van der Waals surface area contributed by atoms with Crippen molar-refractivity contribution >= 4 is 7.28 Å². The third-order valence-corrected chi connectivity index (χ3v) is 3.64. The van der Waals surface area contributed by atoms with Gasteiger partial charge in [0.15, 0.2) is 0 Å². The Morgan fingerprint density at radius 2 is 1.92 bits per heavy atom. The van der Waals surface area contributed by atoms with Crippen LogP contribution in [0.15, 0.2) is 0 Å². The monoisotopic (exact) mass is 168 g/mol. The average molecular weight is 168 g/mol. The zero-order valence-corrected chi connectivity index (χ0v) is 9.61. The maximum atomic E-state index is 2.43. The van der Waals surface area contributed by atoms with E-state index in [1.807, 2.05) is 0 Å². The Balaban J connectivity index is 3.72. The fourth-order valence-electron chi connectivity index (χ4n) is 1.40. The molecule has 0 rings (SSSR count). The predicted molar refractivity (Wildman–Crippen MR) is 60.4 cm³/mol. The van der Waals surface area contributed by atoms with Crippen LogP contribution in [0.5, 0.6) is 0 Å². The van der Waals surface area contributed by atoms with Crippen molar-refractivity contribution in [3.63, 3.8) is 0 Å². The lowest BCUT2D eigenvalue weighted by Crippen LogP contribution is -2.14. The summed E-state index contributed by atoms with van der Waals surface area (Å²) in [6, 6.07) is 0. The molecule has 2 unspecified atom stereocenters. The molecule has 72 valence electrons. The summed E-state index contributed by atoms with van der Waals surface area (Å²) in [6.45, 7) is 11.7. The minimum atomic E-state index is 0.615. The highest BCUT2D eigenvalue weighted by Crippen LogP contribution is 2.35. The van der Waals surface area contributed by atoms with Gasteiger partial charge in [-0.25, -0.2) is 0 Å². The van der Waals surface area contributed by atoms with Gasteiger partial charge in [-0.3, -0.25) is 0 Å². The average Bonchev–Trinajstić information content (AvgIpc) is 2.13. The van der Waals surface area contributed by atoms with Crippen LogP contribution in [-0.2, 0) is 0 Å². The molecule has 0 aromatic carbocycles. The van der Waals surface area contributed by atoms with Gasteiger partial charge in [0.2, 0.25) is 0 Å². The lowest BCUT2D eigenvalue weighted by molar-refractivity contribution is 0.426. The van der Waals surface area contributed by atoms with Crippen LogP contribution in [0.4, 0.5) is 0 Å². The van der Waals surface area contributed by atoms with E-state index in [2.05, 4.69) is 34.5 Å². The normalized spacial score (nSPS) is 18.4. The van der Waals surface area contributed by atoms with E-state index in [0.29, 0.717) is 5.31 Å². The summed E-state index contributed by atoms with van der Waals surface area (Å²) in [7, 11) is 1.33. The highest BCUT2D eigenvalue weighted by molar-refractivity contribution is 6.38. The van der Waals surface area contributed by atoms with E-state index in [9.17, 15) is 0 Å². The van der Waals surface area contributed by atoms with Crippen LogP contribution in [0.25, 0.3) is 0 Å². The molecule has 0 aliphatic rings. The quantitative estimate of drug-likeness (QED) is 0.528. The van der Waals surface area contributed by atoms with E-state index in [-0.39, 0.29) is 0 Å². The highest BCUT2D eigenvalue weighted by atomic mass is 14.2. The summed E-state index contributed by atoms with van der Waals surface area (Å²) in [5.41, 5.74) is 0. The van der Waals surface area contributed by atoms with Gasteiger partial charge < -0.3 is 0 Å². The van der Waals surface area contributed by atoms with Gasteiger partial charge in [-0.1, -0.05) is 65.5 Å². The molecule has 0 fully saturated rings. The fourth-order valence-corrected chi connectivity index (χ4v) is 1.40. The highest BCUT2D eigenvalue weighted by Gasteiger charge is 2.20. The van der Waals surface area contributed by atoms with Crippen molar-refractivity contribution in [3.05, 3.63) is 0 Å². The first-order valence-electron chi connectivity index (χ1n) is 5.58. The molecule has 0 aromatic rings. The van der Waals surface area contributed by atoms with Gasteiger partial charge >= 0.3 is 0 Å². The van der Waals surface area contributed by atoms with E-state index in [1.54, 1.807) is 0 Å². The van der Waals surface area contributed by atoms with Gasteiger partial charge in [0.05, 0.1) is 0 Å². The van der Waals surface area contributed by atoms with Crippen molar-refractivity contribution in [2.24, 2.45) is 5.92 Å². The number of hydrogen-bond donors (Lipinski definition) is 0. The second-order valence-corrected chi connectivity index (χ2v) is 4.57. The van der Waals surface area contributed by atoms with Gasteiger partial charge in [0.25, 0.3) is 0 Å². The molecule has 0 nitrogen and oxygen atoms in total. The molecule has 0 bridgehead atoms. The minimum absolute atomic E-state index is 0.615. The summed E-state index contributed by atoms with van der Waals surface area (Å²) >= 11 is 0. The van der Waals surface area contributed by atoms with E-state index >= 15 is 0 Å². The molecule has 0 heterocycles. The third-order valence-electron chi connectivity index (χ3n) is 3.64. The predicted octanol–water partition coefficient (Wildman–Crippen LogP) is 3.89. The van der Waals surface area contributed by atoms with Gasteiger partial charge in [-0.15, -0.1) is 0 Å². The number of hydrogen-bond acceptors (Lipinski definition) is 0. The minimum Gasteiger partial charge on any atom is -0.0889 e. The summed E-state index contributed by atoms with van der Waals surface area (Å²) in [5.74, 6) is 0.919. The molecule has 1 heteroatoms. The summed E-state index contributed by atoms with van der Waals surface area (Å²) in [6.07, 6.45) is 5.49. The Bertz CT molecular complexity index is 106. The summed E-state index contributed by atoms with van der Waals surface area (Å²) in [4.78, 5) is 0. The van der Waals surface area contributed by atoms with Crippen LogP contribution >= 0.6 is 0 Å². The van der Waals surface area contributed by atoms with Crippen molar-refractivity contribution in [3.8, 4) is 0 Å². The Labute approximate surface area is 79.4 Å². The van der Waals surface area contributed by atoms with E-state index in [4.69, 9.17) is 0 Å². The molecule has 0 aromatic heterocycles. The van der Waals surface area contributed by atoms with Gasteiger partial charge in [-0.2, -0.15) is 0 Å². The Morgan fingerprint density at radius 1 is 1.33 bits per heavy atom. The maximum Gasteiger partial charge on any atom is 0.124 e. The smallest absolute Gasteiger partial charge is 0.0889 e. The molecular formula is C11H25B. The molecular weight excluding hydrogens is 143 g/mol. The van der Waals surface area contributed by atoms with Crippen molar-refractivity contribution in [2.75, 3.05) is 0 Å². The first-order valence-corrected chi connectivity index (χ1v) is 5.58. The van der Waals surface area contributed by atoms with Crippen LogP contribution in [0.2, 0.25) is 12.1 Å². The third kappa shape index (κ3) is 4.18. The topological polar surface area (TPSA) is 0 Å². The maximum absolute atomic E-state index is 2.43. The Kier molecular flexibility index (Phi) is 5.70. The van der Waals surface area contributed by atoms with Gasteiger partial charge in [-0.05, 0) is 5.92 Å². The molecule has 0 radical (unpaired) electrons. The zero-order chi connectivity index (χ0) is 9.61. The van der Waals surface area contributed by atoms with E-state index < -0.39 is 0 Å². The molecule has 2 atom stereocenters. The Morgan fingerprint density at radius 3 is 2.25 bits per heavy atom. The first kappa shape index (κ1) is 12.1. The van der Waals surface area contributed by atoms with E-state index in [1.165, 1.54) is 33.0 Å². The molecule has 0 aliphatic heterocycles. The van der Waals surface area contributed by atoms with Crippen LogP contribution in [-0.4, -0.2) is 7.28 Å². The van der Waals surface area contributed by atoms with Crippen LogP contribution in [0, 0.1) is 5.92 Å². The molecule has 0 spiro atoms. The van der Waals surface area contributed by atoms with E-state index in [0.717, 1.165) is 5.92 Å². The largest absolute Gasteiger partial charge is 0.124 e. The molecule has 0 aliphatic carbocycles. The van der Waals surface area contributed by atoms with Crippen LogP contribution < -0.4 is 0 Å². The molecule has 0 saturated carbocycles. The summed E-state index contributed by atoms with van der Waals surface area (Å²) < 4.78 is 0. The van der Waals surface area contributed by atoms with Crippen LogP contribution in [0.1, 0.15) is 53.4 Å². The van der Waals surface area contributed by atoms with Crippen molar-refractivity contribution in [1.82, 2.24) is 0 Å². The summed E-state index contributed by atoms with van der Waals surface area (Å²) in [5, 5.41) is 0.615. The first-order chi connectivity index (χ1) is 5.58. The van der Waals surface area contributed by atoms with Crippen molar-refractivity contribution < 1.29 is 0 Å². The molecule has 12 heavy (non-hydrogen) atoms. The second kappa shape index (κ2) is 5.67. The van der Waals surface area contributed by atoms with Crippen LogP contribution in [0.3, 0.4) is 0 Å². The standard InChI is InChI=1S/C11H25B/c1-6-10(3)8-9-11(4,7-2)12-5/h10,12H,6-9H2,1-5H3. The van der Waals surface area contributed by atoms with Gasteiger partial charge in [0, 0.05) is 0 Å². The lowest BCUT2D eigenvalue weighted by Gasteiger charge is -2.27. The molecule has 0 saturated heterocycles. The second-order valence-electron chi connectivity index (χ2n) is 4.57. The lowest BCUT2D eigenvalue weighted by atomic mass is 9.51. The Hall–Kier alpha value is 0.0649. The molecule has 0 N–H and O–H groups in total. The zero-order valence-electron chi connectivity index (χ0n) is 9.61. The SMILES string of the molecule is CBC(C)(CC)CCC(C)CC. The van der Waals surface area contributed by atoms with Crippen molar-refractivity contribution in [1.29, 1.82) is 0 Å².